The molecule has 1 saturated heterocycles. The molecule has 2 heteroatoms. The van der Waals surface area contributed by atoms with E-state index < -0.39 is 0 Å². The van der Waals surface area contributed by atoms with Crippen LogP contribution in [0, 0.1) is 17.8 Å². The average Bonchev–Trinajstić information content (AvgIpc) is 2.26. The number of nitrogens with zero attached hydrogens (tertiary/aromatic N) is 1. The molecule has 2 aliphatic rings. The van der Waals surface area contributed by atoms with E-state index in [2.05, 4.69) is 23.1 Å². The van der Waals surface area contributed by atoms with Crippen molar-refractivity contribution in [3.05, 3.63) is 0 Å². The number of rotatable bonds is 4. The van der Waals surface area contributed by atoms with E-state index in [9.17, 15) is 0 Å². The van der Waals surface area contributed by atoms with E-state index >= 15 is 0 Å². The molecular formula is C14H24N2. The lowest BCUT2D eigenvalue weighted by atomic mass is 9.70. The number of likely N-dealkylation sites (tertiary alicyclic amines) is 1. The van der Waals surface area contributed by atoms with Gasteiger partial charge in [0.15, 0.2) is 0 Å². The molecule has 0 aromatic carbocycles. The summed E-state index contributed by atoms with van der Waals surface area (Å²) in [4.78, 5) is 2.38. The first-order chi connectivity index (χ1) is 7.72. The van der Waals surface area contributed by atoms with Crippen molar-refractivity contribution in [2.45, 2.75) is 45.1 Å². The van der Waals surface area contributed by atoms with Crippen molar-refractivity contribution < 1.29 is 0 Å². The van der Waals surface area contributed by atoms with E-state index in [1.54, 1.807) is 0 Å². The summed E-state index contributed by atoms with van der Waals surface area (Å²) in [5, 5.41) is 3.75. The highest BCUT2D eigenvalue weighted by atomic mass is 15.1. The van der Waals surface area contributed by atoms with Gasteiger partial charge in [-0.15, -0.1) is 6.42 Å². The first-order valence-corrected chi connectivity index (χ1v) is 6.61. The second-order valence-electron chi connectivity index (χ2n) is 5.80. The fourth-order valence-corrected chi connectivity index (χ4v) is 2.77. The summed E-state index contributed by atoms with van der Waals surface area (Å²) < 4.78 is 0. The average molecular weight is 220 g/mol. The summed E-state index contributed by atoms with van der Waals surface area (Å²) in [6, 6.07) is 0.728. The summed E-state index contributed by atoms with van der Waals surface area (Å²) in [6.07, 6.45) is 12.1. The predicted octanol–water partition coefficient (Wildman–Crippen LogP) is 1.86. The maximum atomic E-state index is 5.33. The topological polar surface area (TPSA) is 15.3 Å². The number of piperidine rings is 1. The van der Waals surface area contributed by atoms with Crippen molar-refractivity contribution in [3.8, 4) is 12.3 Å². The smallest absolute Gasteiger partial charge is 0.0598 e. The number of hydrogen-bond acceptors (Lipinski definition) is 2. The zero-order chi connectivity index (χ0) is 11.4. The van der Waals surface area contributed by atoms with Crippen molar-refractivity contribution in [3.63, 3.8) is 0 Å². The standard InChI is InChI=1S/C14H24N2/c1-3-9-16-10-5-13(6-11-16)15-12-14(2)7-4-8-14/h1,13,15H,4-12H2,2H3. The first kappa shape index (κ1) is 12.0. The van der Waals surface area contributed by atoms with Crippen molar-refractivity contribution in [1.82, 2.24) is 10.2 Å². The van der Waals surface area contributed by atoms with Gasteiger partial charge >= 0.3 is 0 Å². The number of hydrogen-bond donors (Lipinski definition) is 1. The summed E-state index contributed by atoms with van der Waals surface area (Å²) in [5.74, 6) is 2.73. The van der Waals surface area contributed by atoms with Gasteiger partial charge in [0.1, 0.15) is 0 Å². The molecular weight excluding hydrogens is 196 g/mol. The van der Waals surface area contributed by atoms with Gasteiger partial charge in [-0.1, -0.05) is 19.3 Å². The van der Waals surface area contributed by atoms with Crippen LogP contribution in [0.4, 0.5) is 0 Å². The summed E-state index contributed by atoms with van der Waals surface area (Å²) in [5.41, 5.74) is 0.607. The molecule has 2 rings (SSSR count). The number of nitrogens with one attached hydrogen (secondary N) is 1. The Morgan fingerprint density at radius 2 is 2.06 bits per heavy atom. The molecule has 0 atom stereocenters. The molecule has 0 spiro atoms. The lowest BCUT2D eigenvalue weighted by Crippen LogP contribution is -2.47. The van der Waals surface area contributed by atoms with Crippen molar-refractivity contribution in [1.29, 1.82) is 0 Å². The SMILES string of the molecule is C#CCN1CCC(NCC2(C)CCC2)CC1. The molecule has 1 heterocycles. The Morgan fingerprint density at radius 3 is 2.56 bits per heavy atom. The van der Waals surface area contributed by atoms with Crippen LogP contribution in [-0.2, 0) is 0 Å². The van der Waals surface area contributed by atoms with Crippen LogP contribution >= 0.6 is 0 Å². The normalized spacial score (nSPS) is 26.0. The molecule has 90 valence electrons. The third kappa shape index (κ3) is 2.99. The molecule has 0 amide bonds. The fourth-order valence-electron chi connectivity index (χ4n) is 2.77. The minimum absolute atomic E-state index is 0.607. The van der Waals surface area contributed by atoms with Gasteiger partial charge in [-0.25, -0.2) is 0 Å². The molecule has 0 aromatic rings. The number of terminal acetylenes is 1. The molecule has 2 fully saturated rings. The van der Waals surface area contributed by atoms with E-state index in [-0.39, 0.29) is 0 Å². The highest BCUT2D eigenvalue weighted by Crippen LogP contribution is 2.39. The minimum Gasteiger partial charge on any atom is -0.313 e. The molecule has 1 saturated carbocycles. The highest BCUT2D eigenvalue weighted by molar-refractivity contribution is 4.91. The van der Waals surface area contributed by atoms with Gasteiger partial charge in [-0.3, -0.25) is 4.90 Å². The van der Waals surface area contributed by atoms with E-state index in [0.29, 0.717) is 5.41 Å². The molecule has 1 N–H and O–H groups in total. The third-order valence-corrected chi connectivity index (χ3v) is 4.28. The molecule has 1 aliphatic heterocycles. The molecule has 2 nitrogen and oxygen atoms in total. The lowest BCUT2D eigenvalue weighted by molar-refractivity contribution is 0.137. The van der Waals surface area contributed by atoms with E-state index in [1.807, 2.05) is 0 Å². The Kier molecular flexibility index (Phi) is 3.89. The van der Waals surface area contributed by atoms with E-state index in [1.165, 1.54) is 51.7 Å². The molecule has 1 aliphatic carbocycles. The largest absolute Gasteiger partial charge is 0.313 e. The molecule has 0 bridgehead atoms. The Hall–Kier alpha value is -0.520. The van der Waals surface area contributed by atoms with Gasteiger partial charge in [0.05, 0.1) is 6.54 Å². The monoisotopic (exact) mass is 220 g/mol. The van der Waals surface area contributed by atoms with Crippen LogP contribution in [0.1, 0.15) is 39.0 Å². The lowest BCUT2D eigenvalue weighted by Gasteiger charge is -2.41. The third-order valence-electron chi connectivity index (χ3n) is 4.28. The highest BCUT2D eigenvalue weighted by Gasteiger charge is 2.32. The molecule has 0 unspecified atom stereocenters. The molecule has 16 heavy (non-hydrogen) atoms. The quantitative estimate of drug-likeness (QED) is 0.728. The van der Waals surface area contributed by atoms with E-state index in [0.717, 1.165) is 12.6 Å². The summed E-state index contributed by atoms with van der Waals surface area (Å²) >= 11 is 0. The van der Waals surface area contributed by atoms with Gasteiger partial charge in [-0.05, 0) is 31.1 Å². The molecule has 0 radical (unpaired) electrons. The summed E-state index contributed by atoms with van der Waals surface area (Å²) in [7, 11) is 0. The van der Waals surface area contributed by atoms with E-state index in [4.69, 9.17) is 6.42 Å². The van der Waals surface area contributed by atoms with Crippen LogP contribution in [0.25, 0.3) is 0 Å². The summed E-state index contributed by atoms with van der Waals surface area (Å²) in [6.45, 7) is 6.78. The van der Waals surface area contributed by atoms with Crippen LogP contribution in [0.15, 0.2) is 0 Å². The van der Waals surface area contributed by atoms with Crippen molar-refractivity contribution in [2.24, 2.45) is 5.41 Å². The van der Waals surface area contributed by atoms with Crippen LogP contribution in [0.5, 0.6) is 0 Å². The second kappa shape index (κ2) is 5.21. The van der Waals surface area contributed by atoms with Crippen molar-refractivity contribution in [2.75, 3.05) is 26.2 Å². The fraction of sp³-hybridized carbons (Fsp3) is 0.857. The van der Waals surface area contributed by atoms with Gasteiger partial charge in [0.25, 0.3) is 0 Å². The van der Waals surface area contributed by atoms with Crippen LogP contribution < -0.4 is 5.32 Å². The van der Waals surface area contributed by atoms with Gasteiger partial charge in [0.2, 0.25) is 0 Å². The van der Waals surface area contributed by atoms with Gasteiger partial charge in [0, 0.05) is 25.7 Å². The van der Waals surface area contributed by atoms with Crippen molar-refractivity contribution >= 4 is 0 Å². The minimum atomic E-state index is 0.607. The van der Waals surface area contributed by atoms with Gasteiger partial charge < -0.3 is 5.32 Å². The van der Waals surface area contributed by atoms with Crippen LogP contribution in [-0.4, -0.2) is 37.1 Å². The zero-order valence-corrected chi connectivity index (χ0v) is 10.5. The Bertz CT molecular complexity index is 254. The Labute approximate surface area is 99.8 Å². The van der Waals surface area contributed by atoms with Gasteiger partial charge in [-0.2, -0.15) is 0 Å². The maximum Gasteiger partial charge on any atom is 0.0598 e. The zero-order valence-electron chi connectivity index (χ0n) is 10.5. The first-order valence-electron chi connectivity index (χ1n) is 6.61. The Balaban J connectivity index is 1.64. The maximum absolute atomic E-state index is 5.33. The second-order valence-corrected chi connectivity index (χ2v) is 5.80. The molecule has 0 aromatic heterocycles. The predicted molar refractivity (Wildman–Crippen MR) is 68.3 cm³/mol. The Morgan fingerprint density at radius 1 is 1.38 bits per heavy atom. The van der Waals surface area contributed by atoms with Crippen LogP contribution in [0.2, 0.25) is 0 Å². The van der Waals surface area contributed by atoms with Crippen LogP contribution in [0.3, 0.4) is 0 Å².